The van der Waals surface area contributed by atoms with Gasteiger partial charge in [0.15, 0.2) is 5.78 Å². The first-order valence-corrected chi connectivity index (χ1v) is 34.0. The van der Waals surface area contributed by atoms with Gasteiger partial charge in [0.1, 0.15) is 11.6 Å². The largest absolute Gasteiger partial charge is 0.393 e. The maximum atomic E-state index is 11.5. The monoisotopic (exact) mass is 1100 g/mol. The summed E-state index contributed by atoms with van der Waals surface area (Å²) in [7, 11) is 0. The highest BCUT2D eigenvalue weighted by atomic mass is 16.3. The lowest BCUT2D eigenvalue weighted by molar-refractivity contribution is -0.121. The lowest BCUT2D eigenvalue weighted by Crippen LogP contribution is -2.14. The normalized spacial score (nSPS) is 25.2. The van der Waals surface area contributed by atoms with Crippen molar-refractivity contribution in [2.75, 3.05) is 0 Å². The molecule has 0 aromatic rings. The number of allylic oxidation sites excluding steroid dienone is 10. The Hall–Kier alpha value is -2.37. The summed E-state index contributed by atoms with van der Waals surface area (Å²) in [6.45, 7) is 31.5. The summed E-state index contributed by atoms with van der Waals surface area (Å²) in [6.07, 6.45) is 53.4. The van der Waals surface area contributed by atoms with Crippen LogP contribution >= 0.6 is 0 Å². The van der Waals surface area contributed by atoms with E-state index >= 15 is 0 Å². The van der Waals surface area contributed by atoms with Crippen LogP contribution in [0.15, 0.2) is 58.2 Å². The molecule has 0 saturated heterocycles. The van der Waals surface area contributed by atoms with E-state index in [0.717, 1.165) is 133 Å². The summed E-state index contributed by atoms with van der Waals surface area (Å²) in [6, 6.07) is 0. The number of Topliss-reactive ketones (excluding diaryl/α,β-unsaturated/α-hetero) is 2. The molecular formula is C74H132O5. The minimum atomic E-state index is -0.0405. The van der Waals surface area contributed by atoms with Crippen molar-refractivity contribution in [2.45, 2.75) is 340 Å². The molecule has 0 amide bonds. The van der Waals surface area contributed by atoms with E-state index in [4.69, 9.17) is 0 Å². The summed E-state index contributed by atoms with van der Waals surface area (Å²) in [5.41, 5.74) is 7.14. The Kier molecular flexibility index (Phi) is 43.5. The highest BCUT2D eigenvalue weighted by Gasteiger charge is 2.27. The Labute approximate surface area is 491 Å². The summed E-state index contributed by atoms with van der Waals surface area (Å²) in [5, 5.41) is 19.5. The maximum absolute atomic E-state index is 11.5. The predicted octanol–water partition coefficient (Wildman–Crippen LogP) is 21.9. The molecule has 5 rings (SSSR count). The molecule has 4 fully saturated rings. The smallest absolute Gasteiger partial charge is 0.155 e. The number of hydrogen-bond donors (Lipinski definition) is 2. The fourth-order valence-electron chi connectivity index (χ4n) is 12.4. The van der Waals surface area contributed by atoms with Gasteiger partial charge in [-0.1, -0.05) is 198 Å². The molecule has 458 valence electrons. The molecule has 5 aliphatic rings. The lowest BCUT2D eigenvalue weighted by atomic mass is 9.86. The standard InChI is InChI=1S/C16H32O.C16H30O.C16H28O.C16H26O.C10H16O/c4*1-4-13(2)7-5-8-14(3)11-12-15-9-6-10-16(15)17;1-3-4-9-5-8(2)6-10(11)7-9/h13-17H,4-12H2,1-3H3;13-15H,4-12H2,1-3H3;7,11,15-17H,4-6,8-10,12H2,1-3H3;7,11,15H,4-6,8-10,12H2,1-3H3;6,9H,3-5,7H2,1-2H3/b;;2*13-7+,14-11+;. The minimum absolute atomic E-state index is 0.0160. The predicted molar refractivity (Wildman–Crippen MR) is 345 cm³/mol. The fourth-order valence-corrected chi connectivity index (χ4v) is 12.4. The molecule has 79 heavy (non-hydrogen) atoms. The van der Waals surface area contributed by atoms with Crippen LogP contribution in [0.5, 0.6) is 0 Å². The van der Waals surface area contributed by atoms with Crippen LogP contribution < -0.4 is 0 Å². The maximum Gasteiger partial charge on any atom is 0.155 e. The quantitative estimate of drug-likeness (QED) is 0.0699. The Bertz CT molecular complexity index is 1760. The van der Waals surface area contributed by atoms with E-state index < -0.39 is 0 Å². The van der Waals surface area contributed by atoms with Crippen LogP contribution in [-0.4, -0.2) is 39.8 Å². The third-order valence-electron chi connectivity index (χ3n) is 19.2. The Morgan fingerprint density at radius 1 is 0.519 bits per heavy atom. The molecule has 0 bridgehead atoms. The molecule has 11 unspecified atom stereocenters. The molecule has 11 atom stereocenters. The first-order chi connectivity index (χ1) is 37.7. The average molecular weight is 1100 g/mol. The number of ketones is 3. The van der Waals surface area contributed by atoms with E-state index in [0.29, 0.717) is 46.9 Å². The zero-order valence-corrected chi connectivity index (χ0v) is 54.8. The molecule has 4 saturated carbocycles. The molecule has 0 aromatic carbocycles. The van der Waals surface area contributed by atoms with Gasteiger partial charge in [-0.2, -0.15) is 0 Å². The highest BCUT2D eigenvalue weighted by Crippen LogP contribution is 2.33. The molecule has 0 aromatic heterocycles. The van der Waals surface area contributed by atoms with Crippen LogP contribution in [0.4, 0.5) is 0 Å². The van der Waals surface area contributed by atoms with Gasteiger partial charge < -0.3 is 10.2 Å². The zero-order chi connectivity index (χ0) is 59.0. The first kappa shape index (κ1) is 74.6. The van der Waals surface area contributed by atoms with Crippen molar-refractivity contribution in [2.24, 2.45) is 53.3 Å². The van der Waals surface area contributed by atoms with Crippen molar-refractivity contribution in [3.05, 3.63) is 58.2 Å². The summed E-state index contributed by atoms with van der Waals surface area (Å²) in [5.74, 6) is 7.34. The first-order valence-electron chi connectivity index (χ1n) is 34.0. The fraction of sp³-hybridized carbons (Fsp3) is 0.824. The van der Waals surface area contributed by atoms with Crippen molar-refractivity contribution >= 4 is 17.3 Å². The molecule has 0 radical (unpaired) electrons. The zero-order valence-electron chi connectivity index (χ0n) is 54.8. The van der Waals surface area contributed by atoms with Crippen molar-refractivity contribution < 1.29 is 24.6 Å². The second kappa shape index (κ2) is 46.1. The van der Waals surface area contributed by atoms with Crippen molar-refractivity contribution in [3.63, 3.8) is 0 Å². The van der Waals surface area contributed by atoms with Gasteiger partial charge in [-0.25, -0.2) is 0 Å². The second-order valence-corrected chi connectivity index (χ2v) is 26.9. The molecule has 0 spiro atoms. The van der Waals surface area contributed by atoms with Crippen molar-refractivity contribution in [1.82, 2.24) is 0 Å². The molecule has 5 nitrogen and oxygen atoms in total. The van der Waals surface area contributed by atoms with Gasteiger partial charge in [-0.15, -0.1) is 0 Å². The molecular weight excluding hydrogens is 969 g/mol. The van der Waals surface area contributed by atoms with Gasteiger partial charge in [-0.3, -0.25) is 14.4 Å². The van der Waals surface area contributed by atoms with E-state index in [1.807, 2.05) is 0 Å². The van der Waals surface area contributed by atoms with E-state index in [2.05, 4.69) is 121 Å². The number of hydrogen-bond acceptors (Lipinski definition) is 5. The van der Waals surface area contributed by atoms with Crippen LogP contribution in [0.1, 0.15) is 328 Å². The second-order valence-electron chi connectivity index (χ2n) is 26.9. The van der Waals surface area contributed by atoms with Gasteiger partial charge in [0.2, 0.25) is 0 Å². The third-order valence-corrected chi connectivity index (χ3v) is 19.2. The van der Waals surface area contributed by atoms with Gasteiger partial charge in [0.05, 0.1) is 12.2 Å². The van der Waals surface area contributed by atoms with Crippen LogP contribution in [0.25, 0.3) is 0 Å². The van der Waals surface area contributed by atoms with Crippen molar-refractivity contribution in [1.29, 1.82) is 0 Å². The Morgan fingerprint density at radius 2 is 0.987 bits per heavy atom. The van der Waals surface area contributed by atoms with Crippen LogP contribution in [-0.2, 0) is 14.4 Å². The van der Waals surface area contributed by atoms with Gasteiger partial charge in [0.25, 0.3) is 0 Å². The van der Waals surface area contributed by atoms with Crippen molar-refractivity contribution in [3.8, 4) is 0 Å². The number of aliphatic hydroxyl groups excluding tert-OH is 2. The molecule has 0 heterocycles. The Balaban J connectivity index is 0.000000497. The summed E-state index contributed by atoms with van der Waals surface area (Å²) >= 11 is 0. The van der Waals surface area contributed by atoms with Crippen LogP contribution in [0, 0.1) is 53.3 Å². The minimum Gasteiger partial charge on any atom is -0.393 e. The van der Waals surface area contributed by atoms with Gasteiger partial charge in [0, 0.05) is 31.1 Å². The van der Waals surface area contributed by atoms with E-state index in [-0.39, 0.29) is 12.2 Å². The Morgan fingerprint density at radius 3 is 1.42 bits per heavy atom. The van der Waals surface area contributed by atoms with Gasteiger partial charge in [-0.05, 0) is 211 Å². The highest BCUT2D eigenvalue weighted by molar-refractivity contribution is 5.91. The summed E-state index contributed by atoms with van der Waals surface area (Å²) < 4.78 is 0. The number of rotatable bonds is 30. The number of aliphatic hydroxyl groups is 2. The molecule has 2 N–H and O–H groups in total. The topological polar surface area (TPSA) is 91.7 Å². The lowest BCUT2D eigenvalue weighted by Gasteiger charge is -2.18. The number of carbonyl (C=O) groups excluding carboxylic acids is 3. The molecule has 5 heteroatoms. The van der Waals surface area contributed by atoms with E-state index in [9.17, 15) is 24.6 Å². The van der Waals surface area contributed by atoms with Gasteiger partial charge >= 0.3 is 0 Å². The average Bonchev–Trinajstić information content (AvgIpc) is 4.25. The van der Waals surface area contributed by atoms with E-state index in [1.54, 1.807) is 6.08 Å². The number of carbonyl (C=O) groups is 3. The molecule has 5 aliphatic carbocycles. The SMILES string of the molecule is CC/C(C)=C/CC/C(C)=C/CC1CCCC1=O.CC/C(C)=C/CC/C(C)=C/CC1CCCC1O.CCC(C)CCCC(C)CCC1CCCC1=O.CCC(C)CCCC(C)CCC1CCCC1O.CCCC1CC(=O)C=C(C)C1. The molecule has 0 aliphatic heterocycles. The van der Waals surface area contributed by atoms with Crippen LogP contribution in [0.3, 0.4) is 0 Å². The third kappa shape index (κ3) is 37.5. The summed E-state index contributed by atoms with van der Waals surface area (Å²) in [4.78, 5) is 34.1. The van der Waals surface area contributed by atoms with E-state index in [1.165, 1.54) is 150 Å². The van der Waals surface area contributed by atoms with Crippen LogP contribution in [0.2, 0.25) is 0 Å².